The van der Waals surface area contributed by atoms with Gasteiger partial charge in [-0.15, -0.1) is 0 Å². The maximum Gasteiger partial charge on any atom is 0.435 e. The summed E-state index contributed by atoms with van der Waals surface area (Å²) < 4.78 is 67.2. The lowest BCUT2D eigenvalue weighted by Gasteiger charge is -2.38. The second-order valence-corrected chi connectivity index (χ2v) is 9.94. The smallest absolute Gasteiger partial charge is 0.435 e. The standard InChI is InChI=1S/C18H24F3N3O5S/c19-18(20,21)15-6-8-23(22-15)10-17(26)29-11-16(25)24(13-4-2-1-3-5-13)14-7-9-30(27,28)12-14/h6,8,13-14H,1-5,7,9-12H2. The fourth-order valence-corrected chi connectivity index (χ4v) is 5.77. The second kappa shape index (κ2) is 8.94. The van der Waals surface area contributed by atoms with Crippen LogP contribution in [0.1, 0.15) is 44.2 Å². The average molecular weight is 451 g/mol. The van der Waals surface area contributed by atoms with Gasteiger partial charge in [0.25, 0.3) is 5.91 Å². The third-order valence-corrected chi connectivity index (χ3v) is 7.19. The van der Waals surface area contributed by atoms with Gasteiger partial charge in [-0.1, -0.05) is 19.3 Å². The summed E-state index contributed by atoms with van der Waals surface area (Å²) >= 11 is 0. The van der Waals surface area contributed by atoms with Crippen LogP contribution in [0.3, 0.4) is 0 Å². The van der Waals surface area contributed by atoms with E-state index in [4.69, 9.17) is 4.74 Å². The summed E-state index contributed by atoms with van der Waals surface area (Å²) in [6.07, 6.45) is 1.21. The number of carbonyl (C=O) groups is 2. The van der Waals surface area contributed by atoms with Gasteiger partial charge in [-0.25, -0.2) is 8.42 Å². The largest absolute Gasteiger partial charge is 0.454 e. The molecule has 8 nitrogen and oxygen atoms in total. The van der Waals surface area contributed by atoms with Crippen molar-refractivity contribution in [3.63, 3.8) is 0 Å². The van der Waals surface area contributed by atoms with Crippen molar-refractivity contribution in [3.05, 3.63) is 18.0 Å². The normalized spacial score (nSPS) is 22.0. The average Bonchev–Trinajstić information content (AvgIpc) is 3.27. The Bertz CT molecular complexity index is 878. The number of alkyl halides is 3. The molecule has 1 amide bonds. The van der Waals surface area contributed by atoms with Crippen LogP contribution in [0.4, 0.5) is 13.2 Å². The zero-order chi connectivity index (χ0) is 21.9. The van der Waals surface area contributed by atoms with E-state index in [-0.39, 0.29) is 17.5 Å². The first-order valence-electron chi connectivity index (χ1n) is 9.83. The molecule has 1 unspecified atom stereocenters. The van der Waals surface area contributed by atoms with Crippen molar-refractivity contribution in [1.82, 2.24) is 14.7 Å². The van der Waals surface area contributed by atoms with Crippen LogP contribution in [0.5, 0.6) is 0 Å². The van der Waals surface area contributed by atoms with Gasteiger partial charge < -0.3 is 9.64 Å². The van der Waals surface area contributed by atoms with Gasteiger partial charge in [0, 0.05) is 18.3 Å². The number of esters is 1. The summed E-state index contributed by atoms with van der Waals surface area (Å²) in [5, 5.41) is 3.26. The van der Waals surface area contributed by atoms with E-state index in [1.54, 1.807) is 4.90 Å². The molecule has 1 saturated carbocycles. The molecule has 2 fully saturated rings. The minimum absolute atomic E-state index is 0.0226. The van der Waals surface area contributed by atoms with Crippen LogP contribution in [0, 0.1) is 0 Å². The molecule has 1 aromatic rings. The molecule has 0 N–H and O–H groups in total. The molecule has 0 bridgehead atoms. The highest BCUT2D eigenvalue weighted by molar-refractivity contribution is 7.91. The summed E-state index contributed by atoms with van der Waals surface area (Å²) in [6, 6.07) is 0.206. The Kier molecular flexibility index (Phi) is 6.73. The highest BCUT2D eigenvalue weighted by Gasteiger charge is 2.39. The van der Waals surface area contributed by atoms with Gasteiger partial charge in [-0.2, -0.15) is 18.3 Å². The Morgan fingerprint density at radius 2 is 1.87 bits per heavy atom. The minimum Gasteiger partial charge on any atom is -0.454 e. The first-order chi connectivity index (χ1) is 14.0. The monoisotopic (exact) mass is 451 g/mol. The van der Waals surface area contributed by atoms with Crippen molar-refractivity contribution in [2.75, 3.05) is 18.1 Å². The minimum atomic E-state index is -4.62. The molecule has 30 heavy (non-hydrogen) atoms. The van der Waals surface area contributed by atoms with Gasteiger partial charge >= 0.3 is 12.1 Å². The van der Waals surface area contributed by atoms with E-state index >= 15 is 0 Å². The predicted octanol–water partition coefficient (Wildman–Crippen LogP) is 1.79. The Balaban J connectivity index is 1.59. The van der Waals surface area contributed by atoms with Crippen molar-refractivity contribution in [2.24, 2.45) is 0 Å². The first-order valence-corrected chi connectivity index (χ1v) is 11.7. The summed E-state index contributed by atoms with van der Waals surface area (Å²) in [5.74, 6) is -1.46. The summed E-state index contributed by atoms with van der Waals surface area (Å²) in [5.41, 5.74) is -1.13. The van der Waals surface area contributed by atoms with Gasteiger partial charge in [0.15, 0.2) is 22.1 Å². The SMILES string of the molecule is O=C(Cn1ccc(C(F)(F)F)n1)OCC(=O)N(C1CCCCC1)C1CCS(=O)(=O)C1. The van der Waals surface area contributed by atoms with Crippen LogP contribution < -0.4 is 0 Å². The lowest BCUT2D eigenvalue weighted by molar-refractivity contribution is -0.155. The lowest BCUT2D eigenvalue weighted by atomic mass is 9.93. The molecule has 3 rings (SSSR count). The highest BCUT2D eigenvalue weighted by Crippen LogP contribution is 2.29. The molecule has 1 aliphatic carbocycles. The van der Waals surface area contributed by atoms with E-state index in [1.165, 1.54) is 0 Å². The summed E-state index contributed by atoms with van der Waals surface area (Å²) in [4.78, 5) is 26.3. The Labute approximate surface area is 172 Å². The van der Waals surface area contributed by atoms with Crippen LogP contribution in [0.25, 0.3) is 0 Å². The molecule has 0 radical (unpaired) electrons. The number of carbonyl (C=O) groups excluding carboxylic acids is 2. The van der Waals surface area contributed by atoms with E-state index < -0.39 is 52.8 Å². The van der Waals surface area contributed by atoms with E-state index in [0.717, 1.165) is 49.0 Å². The van der Waals surface area contributed by atoms with E-state index in [0.29, 0.717) is 6.42 Å². The van der Waals surface area contributed by atoms with Crippen molar-refractivity contribution >= 4 is 21.7 Å². The van der Waals surface area contributed by atoms with E-state index in [1.807, 2.05) is 0 Å². The number of hydrogen-bond acceptors (Lipinski definition) is 6. The number of rotatable bonds is 6. The van der Waals surface area contributed by atoms with Crippen molar-refractivity contribution < 1.29 is 35.9 Å². The quantitative estimate of drug-likeness (QED) is 0.612. The Morgan fingerprint density at radius 1 is 1.17 bits per heavy atom. The van der Waals surface area contributed by atoms with Gasteiger partial charge in [-0.3, -0.25) is 14.3 Å². The third kappa shape index (κ3) is 5.73. The van der Waals surface area contributed by atoms with Crippen LogP contribution >= 0.6 is 0 Å². The van der Waals surface area contributed by atoms with Crippen LogP contribution in [-0.4, -0.2) is 65.2 Å². The second-order valence-electron chi connectivity index (χ2n) is 7.71. The van der Waals surface area contributed by atoms with Gasteiger partial charge in [-0.05, 0) is 25.3 Å². The molecule has 0 spiro atoms. The van der Waals surface area contributed by atoms with Gasteiger partial charge in [0.1, 0.15) is 6.54 Å². The molecule has 168 valence electrons. The number of sulfone groups is 1. The third-order valence-electron chi connectivity index (χ3n) is 5.44. The molecule has 2 heterocycles. The molecule has 1 aliphatic heterocycles. The van der Waals surface area contributed by atoms with Crippen LogP contribution in [-0.2, 0) is 36.9 Å². The topological polar surface area (TPSA) is 98.6 Å². The number of nitrogens with zero attached hydrogens (tertiary/aromatic N) is 3. The van der Waals surface area contributed by atoms with Crippen molar-refractivity contribution in [2.45, 2.75) is 63.3 Å². The molecule has 1 aromatic heterocycles. The van der Waals surface area contributed by atoms with Gasteiger partial charge in [0.2, 0.25) is 0 Å². The maximum absolute atomic E-state index is 12.8. The summed E-state index contributed by atoms with van der Waals surface area (Å²) in [6.45, 7) is -1.15. The number of aromatic nitrogens is 2. The fraction of sp³-hybridized carbons (Fsp3) is 0.722. The van der Waals surface area contributed by atoms with Crippen molar-refractivity contribution in [3.8, 4) is 0 Å². The molecule has 2 aliphatic rings. The number of amides is 1. The van der Waals surface area contributed by atoms with E-state index in [9.17, 15) is 31.2 Å². The van der Waals surface area contributed by atoms with Crippen LogP contribution in [0.15, 0.2) is 12.3 Å². The first kappa shape index (κ1) is 22.6. The summed E-state index contributed by atoms with van der Waals surface area (Å²) in [7, 11) is -3.20. The molecule has 1 atom stereocenters. The zero-order valence-electron chi connectivity index (χ0n) is 16.3. The molecular weight excluding hydrogens is 427 g/mol. The zero-order valence-corrected chi connectivity index (χ0v) is 17.1. The molecular formula is C18H24F3N3O5S. The van der Waals surface area contributed by atoms with Gasteiger partial charge in [0.05, 0.1) is 11.5 Å². The number of hydrogen-bond donors (Lipinski definition) is 0. The highest BCUT2D eigenvalue weighted by atomic mass is 32.2. The van der Waals surface area contributed by atoms with Crippen LogP contribution in [0.2, 0.25) is 0 Å². The number of halogens is 3. The van der Waals surface area contributed by atoms with Crippen molar-refractivity contribution in [1.29, 1.82) is 0 Å². The Hall–Kier alpha value is -2.11. The molecule has 0 aromatic carbocycles. The molecule has 1 saturated heterocycles. The maximum atomic E-state index is 12.8. The predicted molar refractivity (Wildman–Crippen MR) is 99.0 cm³/mol. The fourth-order valence-electron chi connectivity index (χ4n) is 4.06. The Morgan fingerprint density at radius 3 is 2.43 bits per heavy atom. The molecule has 12 heteroatoms. The number of ether oxygens (including phenoxy) is 1. The lowest BCUT2D eigenvalue weighted by Crippen LogP contribution is -2.50. The van der Waals surface area contributed by atoms with E-state index in [2.05, 4.69) is 5.10 Å².